The standard InChI is InChI=1S/C36H58O6/c1-21(2)30-26(41-23(4)38)19-36(20-40-22(3)37)18-17-34(9)25(31(30)36)11-12-28-33(8)15-14-29(42-24(5)39)32(6,7)27(33)13-16-35(28,34)10/h21,25-31H,11-20H2,1-10H3/t25-,26+,27+,28-,29+,30-,31+,33+,34-,35-,36+/m1/s1. The van der Waals surface area contributed by atoms with Gasteiger partial charge in [-0.05, 0) is 104 Å². The molecule has 5 rings (SSSR count). The molecule has 5 aliphatic rings. The van der Waals surface area contributed by atoms with Gasteiger partial charge in [0.05, 0.1) is 6.61 Å². The normalized spacial score (nSPS) is 47.4. The second kappa shape index (κ2) is 10.5. The molecule has 0 aromatic rings. The van der Waals surface area contributed by atoms with E-state index in [1.807, 2.05) is 0 Å². The molecule has 0 spiro atoms. The van der Waals surface area contributed by atoms with Crippen molar-refractivity contribution in [3.8, 4) is 0 Å². The maximum absolute atomic E-state index is 12.3. The summed E-state index contributed by atoms with van der Waals surface area (Å²) >= 11 is 0. The van der Waals surface area contributed by atoms with Crippen molar-refractivity contribution in [2.75, 3.05) is 6.61 Å². The van der Waals surface area contributed by atoms with Crippen LogP contribution in [0.3, 0.4) is 0 Å². The molecule has 6 heteroatoms. The van der Waals surface area contributed by atoms with Gasteiger partial charge in [-0.3, -0.25) is 14.4 Å². The topological polar surface area (TPSA) is 78.9 Å². The average Bonchev–Trinajstić information content (AvgIpc) is 3.18. The first kappa shape index (κ1) is 31.8. The molecule has 0 unspecified atom stereocenters. The summed E-state index contributed by atoms with van der Waals surface area (Å²) in [6.45, 7) is 22.1. The fourth-order valence-corrected chi connectivity index (χ4v) is 12.8. The smallest absolute Gasteiger partial charge is 0.302 e. The van der Waals surface area contributed by atoms with Gasteiger partial charge in [-0.15, -0.1) is 0 Å². The van der Waals surface area contributed by atoms with E-state index >= 15 is 0 Å². The highest BCUT2D eigenvalue weighted by Crippen LogP contribution is 2.77. The van der Waals surface area contributed by atoms with E-state index in [0.717, 1.165) is 32.1 Å². The highest BCUT2D eigenvalue weighted by Gasteiger charge is 2.72. The van der Waals surface area contributed by atoms with E-state index in [0.29, 0.717) is 36.2 Å². The SMILES string of the molecule is CC(=O)OC[C@@]12CC[C@]3(C)[C@H](CC[C@@H]4[C@@]5(C)CC[C@H](OC(C)=O)C(C)(C)[C@@H]5CC[C@]43C)[C@H]1[C@H](C(C)C)[C@@H](OC(C)=O)C2. The van der Waals surface area contributed by atoms with E-state index < -0.39 is 0 Å². The zero-order chi connectivity index (χ0) is 31.0. The van der Waals surface area contributed by atoms with Crippen molar-refractivity contribution < 1.29 is 28.6 Å². The largest absolute Gasteiger partial charge is 0.465 e. The third-order valence-corrected chi connectivity index (χ3v) is 14.6. The molecular weight excluding hydrogens is 528 g/mol. The second-order valence-corrected chi connectivity index (χ2v) is 17.0. The monoisotopic (exact) mass is 586 g/mol. The van der Waals surface area contributed by atoms with Crippen LogP contribution in [-0.2, 0) is 28.6 Å². The summed E-state index contributed by atoms with van der Waals surface area (Å²) in [5.41, 5.74) is 0.374. The molecule has 238 valence electrons. The predicted molar refractivity (Wildman–Crippen MR) is 162 cm³/mol. The lowest BCUT2D eigenvalue weighted by molar-refractivity contribution is -0.253. The number of hydrogen-bond donors (Lipinski definition) is 0. The number of carbonyl (C=O) groups is 3. The summed E-state index contributed by atoms with van der Waals surface area (Å²) in [7, 11) is 0. The molecule has 5 aliphatic carbocycles. The molecule has 0 saturated heterocycles. The van der Waals surface area contributed by atoms with Gasteiger partial charge in [0.1, 0.15) is 12.2 Å². The Morgan fingerprint density at radius 2 is 1.40 bits per heavy atom. The third-order valence-electron chi connectivity index (χ3n) is 14.6. The zero-order valence-corrected chi connectivity index (χ0v) is 28.1. The van der Waals surface area contributed by atoms with Crippen LogP contribution in [0.2, 0.25) is 0 Å². The van der Waals surface area contributed by atoms with Gasteiger partial charge < -0.3 is 14.2 Å². The number of esters is 3. The van der Waals surface area contributed by atoms with E-state index in [1.54, 1.807) is 6.92 Å². The minimum absolute atomic E-state index is 0.00979. The minimum Gasteiger partial charge on any atom is -0.465 e. The second-order valence-electron chi connectivity index (χ2n) is 17.0. The first-order valence-electron chi connectivity index (χ1n) is 16.9. The molecule has 0 amide bonds. The molecular formula is C36H58O6. The van der Waals surface area contributed by atoms with Crippen molar-refractivity contribution in [3.63, 3.8) is 0 Å². The van der Waals surface area contributed by atoms with Gasteiger partial charge in [-0.25, -0.2) is 0 Å². The number of hydrogen-bond acceptors (Lipinski definition) is 6. The molecule has 11 atom stereocenters. The van der Waals surface area contributed by atoms with Crippen molar-refractivity contribution in [3.05, 3.63) is 0 Å². The first-order valence-corrected chi connectivity index (χ1v) is 16.9. The Bertz CT molecular complexity index is 1100. The lowest BCUT2D eigenvalue weighted by Gasteiger charge is -2.73. The Balaban J connectivity index is 1.52. The van der Waals surface area contributed by atoms with Gasteiger partial charge in [0.2, 0.25) is 0 Å². The van der Waals surface area contributed by atoms with Gasteiger partial charge >= 0.3 is 17.9 Å². The number of rotatable bonds is 5. The molecule has 6 nitrogen and oxygen atoms in total. The molecule has 0 N–H and O–H groups in total. The summed E-state index contributed by atoms with van der Waals surface area (Å²) in [6, 6.07) is 0. The van der Waals surface area contributed by atoms with Crippen LogP contribution in [0, 0.1) is 62.6 Å². The van der Waals surface area contributed by atoms with E-state index in [1.165, 1.54) is 39.5 Å². The number of carbonyl (C=O) groups excluding carboxylic acids is 3. The van der Waals surface area contributed by atoms with Gasteiger partial charge in [0.25, 0.3) is 0 Å². The van der Waals surface area contributed by atoms with Crippen LogP contribution >= 0.6 is 0 Å². The van der Waals surface area contributed by atoms with E-state index in [4.69, 9.17) is 14.2 Å². The van der Waals surface area contributed by atoms with E-state index in [-0.39, 0.29) is 63.1 Å². The van der Waals surface area contributed by atoms with Crippen LogP contribution in [-0.4, -0.2) is 36.7 Å². The average molecular weight is 587 g/mol. The molecule has 0 aliphatic heterocycles. The van der Waals surface area contributed by atoms with Crippen molar-refractivity contribution >= 4 is 17.9 Å². The maximum atomic E-state index is 12.3. The first-order chi connectivity index (χ1) is 19.4. The van der Waals surface area contributed by atoms with Crippen molar-refractivity contribution in [1.82, 2.24) is 0 Å². The molecule has 42 heavy (non-hydrogen) atoms. The number of ether oxygens (including phenoxy) is 3. The van der Waals surface area contributed by atoms with Crippen LogP contribution in [0.1, 0.15) is 127 Å². The summed E-state index contributed by atoms with van der Waals surface area (Å²) in [4.78, 5) is 36.4. The van der Waals surface area contributed by atoms with Crippen LogP contribution in [0.5, 0.6) is 0 Å². The number of fused-ring (bicyclic) bond motifs is 7. The Morgan fingerprint density at radius 3 is 2.00 bits per heavy atom. The van der Waals surface area contributed by atoms with Crippen molar-refractivity contribution in [2.45, 2.75) is 139 Å². The molecule has 0 heterocycles. The van der Waals surface area contributed by atoms with Gasteiger partial charge in [0, 0.05) is 37.5 Å². The van der Waals surface area contributed by atoms with E-state index in [9.17, 15) is 14.4 Å². The van der Waals surface area contributed by atoms with Gasteiger partial charge in [-0.2, -0.15) is 0 Å². The maximum Gasteiger partial charge on any atom is 0.302 e. The fraction of sp³-hybridized carbons (Fsp3) is 0.917. The molecule has 0 aromatic carbocycles. The van der Waals surface area contributed by atoms with Crippen molar-refractivity contribution in [1.29, 1.82) is 0 Å². The summed E-state index contributed by atoms with van der Waals surface area (Å²) in [6.07, 6.45) is 9.62. The molecule has 5 saturated carbocycles. The predicted octanol–water partition coefficient (Wildman–Crippen LogP) is 7.76. The Kier molecular flexibility index (Phi) is 7.96. The lowest BCUT2D eigenvalue weighted by Crippen LogP contribution is -2.67. The molecule has 0 radical (unpaired) electrons. The van der Waals surface area contributed by atoms with Crippen molar-refractivity contribution in [2.24, 2.45) is 62.6 Å². The van der Waals surface area contributed by atoms with Crippen LogP contribution in [0.4, 0.5) is 0 Å². The van der Waals surface area contributed by atoms with E-state index in [2.05, 4.69) is 48.5 Å². The molecule has 0 aromatic heterocycles. The fourth-order valence-electron chi connectivity index (χ4n) is 12.8. The lowest BCUT2D eigenvalue weighted by atomic mass is 9.32. The highest BCUT2D eigenvalue weighted by atomic mass is 16.6. The molecule has 0 bridgehead atoms. The third kappa shape index (κ3) is 4.57. The Morgan fingerprint density at radius 1 is 0.738 bits per heavy atom. The summed E-state index contributed by atoms with van der Waals surface area (Å²) in [5, 5.41) is 0. The summed E-state index contributed by atoms with van der Waals surface area (Å²) < 4.78 is 17.9. The molecule has 5 fully saturated rings. The summed E-state index contributed by atoms with van der Waals surface area (Å²) in [5.74, 6) is 2.05. The Labute approximate surface area is 254 Å². The minimum atomic E-state index is -0.220. The zero-order valence-electron chi connectivity index (χ0n) is 28.1. The van der Waals surface area contributed by atoms with Gasteiger partial charge in [0.15, 0.2) is 0 Å². The highest BCUT2D eigenvalue weighted by molar-refractivity contribution is 5.67. The quantitative estimate of drug-likeness (QED) is 0.242. The van der Waals surface area contributed by atoms with Crippen LogP contribution in [0.15, 0.2) is 0 Å². The van der Waals surface area contributed by atoms with Gasteiger partial charge in [-0.1, -0.05) is 48.5 Å². The van der Waals surface area contributed by atoms with Crippen LogP contribution < -0.4 is 0 Å². The Hall–Kier alpha value is -1.59. The van der Waals surface area contributed by atoms with Crippen LogP contribution in [0.25, 0.3) is 0 Å².